The van der Waals surface area contributed by atoms with Crippen LogP contribution in [-0.2, 0) is 9.53 Å². The van der Waals surface area contributed by atoms with E-state index in [2.05, 4.69) is 4.74 Å². The standard InChI is InChI=1S/C17H17N2O7P/c1-3-24-16(20)17(2,18-27(23)26-15-7-5-4-6-8-15)25-14-11-9-13(10-12-14)19(21)22/h4-12H,3H2,1-2H3/t17-/m1/s1. The number of hydrogen-bond donors (Lipinski definition) is 0. The zero-order valence-electron chi connectivity index (χ0n) is 14.6. The first kappa shape index (κ1) is 20.3. The van der Waals surface area contributed by atoms with E-state index in [-0.39, 0.29) is 18.0 Å². The van der Waals surface area contributed by atoms with E-state index in [0.29, 0.717) is 5.75 Å². The molecule has 0 radical (unpaired) electrons. The van der Waals surface area contributed by atoms with E-state index in [0.717, 1.165) is 0 Å². The Kier molecular flexibility index (Phi) is 6.81. The fourth-order valence-electron chi connectivity index (χ4n) is 1.98. The maximum absolute atomic E-state index is 12.3. The molecule has 0 amide bonds. The van der Waals surface area contributed by atoms with Crippen LogP contribution in [0.25, 0.3) is 0 Å². The van der Waals surface area contributed by atoms with Gasteiger partial charge in [0, 0.05) is 19.1 Å². The topological polar surface area (TPSA) is 123 Å². The van der Waals surface area contributed by atoms with E-state index >= 15 is 0 Å². The van der Waals surface area contributed by atoms with Crippen LogP contribution in [0.5, 0.6) is 11.5 Å². The average Bonchev–Trinajstić information content (AvgIpc) is 2.63. The van der Waals surface area contributed by atoms with Gasteiger partial charge in [0.05, 0.1) is 11.5 Å². The maximum atomic E-state index is 12.3. The van der Waals surface area contributed by atoms with E-state index < -0.39 is 24.8 Å². The Morgan fingerprint density at radius 3 is 2.33 bits per heavy atom. The Labute approximate surface area is 156 Å². The molecule has 0 bridgehead atoms. The molecule has 27 heavy (non-hydrogen) atoms. The number of benzene rings is 2. The zero-order valence-corrected chi connectivity index (χ0v) is 15.5. The second-order valence-electron chi connectivity index (χ2n) is 5.30. The molecule has 2 aromatic carbocycles. The van der Waals surface area contributed by atoms with E-state index in [9.17, 15) is 19.8 Å². The minimum atomic E-state index is -2.66. The smallest absolute Gasteiger partial charge is 0.399 e. The molecule has 0 aliphatic heterocycles. The highest BCUT2D eigenvalue weighted by Crippen LogP contribution is 2.31. The van der Waals surface area contributed by atoms with Crippen molar-refractivity contribution < 1.29 is 28.6 Å². The van der Waals surface area contributed by atoms with Crippen molar-refractivity contribution in [2.75, 3.05) is 6.61 Å². The molecule has 0 heterocycles. The number of carbonyl (C=O) groups is 1. The first-order valence-corrected chi connectivity index (χ1v) is 9.01. The molecule has 142 valence electrons. The van der Waals surface area contributed by atoms with Crippen molar-refractivity contribution in [3.8, 4) is 11.5 Å². The largest absolute Gasteiger partial charge is 0.575 e. The van der Waals surface area contributed by atoms with Gasteiger partial charge in [0.1, 0.15) is 5.75 Å². The number of nitro groups is 1. The lowest BCUT2D eigenvalue weighted by atomic mass is 10.2. The summed E-state index contributed by atoms with van der Waals surface area (Å²) >= 11 is 0. The summed E-state index contributed by atoms with van der Waals surface area (Å²) in [7, 11) is -2.66. The molecule has 9 nitrogen and oxygen atoms in total. The first-order chi connectivity index (χ1) is 12.8. The molecule has 2 rings (SSSR count). The fraction of sp³-hybridized carbons (Fsp3) is 0.235. The van der Waals surface area contributed by atoms with Gasteiger partial charge in [-0.25, -0.2) is 4.79 Å². The second kappa shape index (κ2) is 9.07. The molecule has 0 saturated heterocycles. The number of nitrogens with zero attached hydrogens (tertiary/aromatic N) is 2. The minimum absolute atomic E-state index is 0.0594. The van der Waals surface area contributed by atoms with Crippen LogP contribution in [0.1, 0.15) is 13.8 Å². The number of esters is 1. The van der Waals surface area contributed by atoms with E-state index in [1.807, 2.05) is 0 Å². The van der Waals surface area contributed by atoms with Gasteiger partial charge in [-0.1, -0.05) is 18.2 Å². The van der Waals surface area contributed by atoms with Crippen LogP contribution in [0, 0.1) is 10.1 Å². The minimum Gasteiger partial charge on any atom is -0.575 e. The lowest BCUT2D eigenvalue weighted by molar-refractivity contribution is -0.384. The van der Waals surface area contributed by atoms with Crippen molar-refractivity contribution in [2.45, 2.75) is 19.6 Å². The lowest BCUT2D eigenvalue weighted by Gasteiger charge is -2.21. The quantitative estimate of drug-likeness (QED) is 0.292. The monoisotopic (exact) mass is 392 g/mol. The summed E-state index contributed by atoms with van der Waals surface area (Å²) in [6, 6.07) is 13.3. The molecular formula is C17H17N2O7P. The van der Waals surface area contributed by atoms with Gasteiger partial charge >= 0.3 is 19.9 Å². The number of para-hydroxylation sites is 1. The normalized spacial score (nSPS) is 13.4. The maximum Gasteiger partial charge on any atom is 0.399 e. The Bertz CT molecular complexity index is 827. The SMILES string of the molecule is CCOC(=O)[C@](C)(N=[P+]([O-])Oc1ccccc1)Oc1ccc([N+](=O)[O-])cc1. The highest BCUT2D eigenvalue weighted by molar-refractivity contribution is 7.34. The summed E-state index contributed by atoms with van der Waals surface area (Å²) in [5.41, 5.74) is -2.11. The van der Waals surface area contributed by atoms with Crippen LogP contribution in [0.15, 0.2) is 59.3 Å². The summed E-state index contributed by atoms with van der Waals surface area (Å²) in [6.45, 7) is 2.93. The third-order valence-electron chi connectivity index (χ3n) is 3.22. The zero-order chi connectivity index (χ0) is 19.9. The van der Waals surface area contributed by atoms with Crippen LogP contribution in [0.4, 0.5) is 5.69 Å². The predicted molar refractivity (Wildman–Crippen MR) is 95.2 cm³/mol. The van der Waals surface area contributed by atoms with E-state index in [1.165, 1.54) is 31.2 Å². The third-order valence-corrected chi connectivity index (χ3v) is 4.13. The van der Waals surface area contributed by atoms with Crippen molar-refractivity contribution in [3.63, 3.8) is 0 Å². The van der Waals surface area contributed by atoms with Crippen LogP contribution in [0.3, 0.4) is 0 Å². The van der Waals surface area contributed by atoms with E-state index in [1.54, 1.807) is 37.3 Å². The molecule has 0 saturated carbocycles. The molecule has 2 atom stereocenters. The number of carbonyl (C=O) groups excluding carboxylic acids is 1. The van der Waals surface area contributed by atoms with Crippen molar-refractivity contribution in [1.82, 2.24) is 0 Å². The summed E-state index contributed by atoms with van der Waals surface area (Å²) in [6.07, 6.45) is 0. The van der Waals surface area contributed by atoms with Crippen LogP contribution < -0.4 is 14.2 Å². The molecule has 0 aliphatic carbocycles. The second-order valence-corrected chi connectivity index (χ2v) is 6.16. The molecular weight excluding hydrogens is 375 g/mol. The molecule has 2 aromatic rings. The summed E-state index contributed by atoms with van der Waals surface area (Å²) in [5.74, 6) is -0.449. The fourth-order valence-corrected chi connectivity index (χ4v) is 2.76. The Morgan fingerprint density at radius 2 is 1.78 bits per heavy atom. The van der Waals surface area contributed by atoms with Gasteiger partial charge in [0.25, 0.3) is 5.69 Å². The molecule has 0 aliphatic rings. The van der Waals surface area contributed by atoms with Gasteiger partial charge in [-0.2, -0.15) is 0 Å². The number of ether oxygens (including phenoxy) is 2. The molecule has 0 fully saturated rings. The number of rotatable bonds is 8. The Hall–Kier alpha value is -3.03. The number of nitro benzene ring substituents is 1. The highest BCUT2D eigenvalue weighted by Gasteiger charge is 2.42. The van der Waals surface area contributed by atoms with Crippen LogP contribution in [0.2, 0.25) is 0 Å². The molecule has 1 unspecified atom stereocenters. The third kappa shape index (κ3) is 5.73. The van der Waals surface area contributed by atoms with Crippen molar-refractivity contribution >= 4 is 19.8 Å². The Balaban J connectivity index is 2.26. The van der Waals surface area contributed by atoms with Gasteiger partial charge in [-0.3, -0.25) is 14.6 Å². The van der Waals surface area contributed by atoms with Crippen molar-refractivity contribution in [3.05, 3.63) is 64.7 Å². The average molecular weight is 392 g/mol. The van der Waals surface area contributed by atoms with Gasteiger partial charge in [0.15, 0.2) is 5.75 Å². The van der Waals surface area contributed by atoms with Gasteiger partial charge in [-0.15, -0.1) is 0 Å². The highest BCUT2D eigenvalue weighted by atomic mass is 31.1. The van der Waals surface area contributed by atoms with Gasteiger partial charge < -0.3 is 14.4 Å². The summed E-state index contributed by atoms with van der Waals surface area (Å²) < 4.78 is 19.5. The van der Waals surface area contributed by atoms with Crippen molar-refractivity contribution in [2.24, 2.45) is 4.74 Å². The van der Waals surface area contributed by atoms with Crippen LogP contribution >= 0.6 is 8.17 Å². The first-order valence-electron chi connectivity index (χ1n) is 7.88. The molecule has 0 N–H and O–H groups in total. The molecule has 10 heteroatoms. The molecule has 0 spiro atoms. The lowest BCUT2D eigenvalue weighted by Crippen LogP contribution is -2.41. The van der Waals surface area contributed by atoms with E-state index in [4.69, 9.17) is 14.0 Å². The van der Waals surface area contributed by atoms with Gasteiger partial charge in [0.2, 0.25) is 0 Å². The predicted octanol–water partition coefficient (Wildman–Crippen LogP) is 3.19. The summed E-state index contributed by atoms with van der Waals surface area (Å²) in [4.78, 5) is 34.7. The van der Waals surface area contributed by atoms with Crippen molar-refractivity contribution in [1.29, 1.82) is 0 Å². The molecule has 0 aromatic heterocycles. The number of hydrogen-bond acceptors (Lipinski definition) is 8. The van der Waals surface area contributed by atoms with Crippen LogP contribution in [-0.4, -0.2) is 23.2 Å². The summed E-state index contributed by atoms with van der Waals surface area (Å²) in [5, 5.41) is 10.7. The number of non-ortho nitro benzene ring substituents is 1. The van der Waals surface area contributed by atoms with Gasteiger partial charge in [-0.05, 0) is 35.9 Å². The Morgan fingerprint density at radius 1 is 1.15 bits per heavy atom.